The summed E-state index contributed by atoms with van der Waals surface area (Å²) in [6.07, 6.45) is 14.4. The third kappa shape index (κ3) is 20.2. The van der Waals surface area contributed by atoms with Gasteiger partial charge in [-0.25, -0.2) is 26.7 Å². The van der Waals surface area contributed by atoms with Crippen molar-refractivity contribution in [2.45, 2.75) is 136 Å². The normalized spacial score (nSPS) is 14.1. The van der Waals surface area contributed by atoms with Crippen molar-refractivity contribution in [3.05, 3.63) is 67.3 Å². The Morgan fingerprint density at radius 3 is 1.49 bits per heavy atom. The van der Waals surface area contributed by atoms with Gasteiger partial charge in [0.15, 0.2) is 0 Å². The van der Waals surface area contributed by atoms with Gasteiger partial charge in [-0.1, -0.05) is 74.6 Å². The van der Waals surface area contributed by atoms with Crippen LogP contribution in [0.4, 0.5) is 0 Å². The van der Waals surface area contributed by atoms with Gasteiger partial charge in [-0.15, -0.1) is 33.2 Å². The topological polar surface area (TPSA) is 91.9 Å². The van der Waals surface area contributed by atoms with Gasteiger partial charge < -0.3 is 9.12 Å². The monoisotopic (exact) mass is 819 g/mol. The second kappa shape index (κ2) is 19.9. The Bertz CT molecular complexity index is 1550. The largest absolute Gasteiger partial charge is 0.744 e. The summed E-state index contributed by atoms with van der Waals surface area (Å²) in [6.45, 7) is 30.7. The van der Waals surface area contributed by atoms with Crippen molar-refractivity contribution in [3.8, 4) is 0 Å². The highest BCUT2D eigenvalue weighted by molar-refractivity contribution is 7.85. The van der Waals surface area contributed by atoms with Gasteiger partial charge in [0.1, 0.15) is 65.7 Å². The maximum absolute atomic E-state index is 12.6. The zero-order valence-electron chi connectivity index (χ0n) is 31.6. The first-order valence-corrected chi connectivity index (χ1v) is 26.6. The summed E-state index contributed by atoms with van der Waals surface area (Å²) in [5.74, 6) is 0. The first-order valence-electron chi connectivity index (χ1n) is 15.6. The SMILES string of the molecule is C.CC(C)(C)n1cc[n+](C[P@@](C)(=O)C(C)(C)C)c1.CP(C[n+]1ccn(C(C)(C)C)c1)C(C)(C)C.Cc1ccc(S(=O)(=O)[O-])cc1.Cl[SiH](Cl)Cl. The lowest BCUT2D eigenvalue weighted by Crippen LogP contribution is -2.35. The highest BCUT2D eigenvalue weighted by Crippen LogP contribution is 2.54. The van der Waals surface area contributed by atoms with E-state index in [4.69, 9.17) is 33.2 Å². The average molecular weight is 821 g/mol. The summed E-state index contributed by atoms with van der Waals surface area (Å²) < 4.78 is 52.6. The molecule has 3 rings (SSSR count). The second-order valence-corrected chi connectivity index (χ2v) is 30.6. The van der Waals surface area contributed by atoms with Crippen LogP contribution in [0.3, 0.4) is 0 Å². The number of benzene rings is 1. The van der Waals surface area contributed by atoms with E-state index in [1.54, 1.807) is 12.1 Å². The molecule has 0 amide bonds. The van der Waals surface area contributed by atoms with Crippen molar-refractivity contribution in [2.75, 3.05) is 13.3 Å². The Morgan fingerprint density at radius 2 is 1.18 bits per heavy atom. The lowest BCUT2D eigenvalue weighted by Gasteiger charge is -2.26. The Morgan fingerprint density at radius 1 is 0.816 bits per heavy atom. The van der Waals surface area contributed by atoms with Gasteiger partial charge in [0.2, 0.25) is 12.7 Å². The Labute approximate surface area is 316 Å². The van der Waals surface area contributed by atoms with Crippen LogP contribution in [-0.4, -0.2) is 52.5 Å². The van der Waals surface area contributed by atoms with Gasteiger partial charge in [0.05, 0.1) is 4.90 Å². The van der Waals surface area contributed by atoms with E-state index in [2.05, 4.69) is 122 Å². The summed E-state index contributed by atoms with van der Waals surface area (Å²) >= 11 is 14.8. The van der Waals surface area contributed by atoms with Crippen LogP contribution in [-0.2, 0) is 38.3 Å². The van der Waals surface area contributed by atoms with E-state index in [0.717, 1.165) is 11.8 Å². The molecule has 284 valence electrons. The van der Waals surface area contributed by atoms with E-state index < -0.39 is 24.0 Å². The third-order valence-electron chi connectivity index (χ3n) is 7.61. The Hall–Kier alpha value is -0.703. The Balaban J connectivity index is 0. The molecule has 0 saturated carbocycles. The summed E-state index contributed by atoms with van der Waals surface area (Å²) in [6, 6.07) is 5.78. The first-order chi connectivity index (χ1) is 21.3. The lowest BCUT2D eigenvalue weighted by molar-refractivity contribution is -0.678. The molecule has 1 aromatic carbocycles. The molecule has 8 nitrogen and oxygen atoms in total. The zero-order chi connectivity index (χ0) is 38.1. The highest BCUT2D eigenvalue weighted by Gasteiger charge is 2.34. The number of nitrogens with zero attached hydrogens (tertiary/aromatic N) is 4. The van der Waals surface area contributed by atoms with E-state index >= 15 is 0 Å². The van der Waals surface area contributed by atoms with E-state index in [0.29, 0.717) is 11.4 Å². The standard InChI is InChI=1S/C13H26N2OP.C13H26N2P.C7H8O3S.CH4.Cl3HSi/c1-12(2,3)15-9-8-14(10-15)11-17(7,16)13(4,5)6;1-12(2,3)15-9-8-14(10-15)11-16(7)13(4,5)6;1-6-2-4-7(5-3-6)11(8,9)10;;1-4(2)3/h8-10H,11H2,1-7H3;8-10H,11H2,1-7H3;2-5H,1H3,(H,8,9,10);1H4;4H/q2*+1;;;/p-1/t17-;;;;/m1..../s1. The van der Waals surface area contributed by atoms with Gasteiger partial charge in [-0.3, -0.25) is 0 Å². The molecule has 0 aliphatic carbocycles. The number of aryl methyl sites for hydroxylation is 1. The number of hydrogen-bond donors (Lipinski definition) is 0. The molecule has 3 aromatic rings. The van der Waals surface area contributed by atoms with Crippen LogP contribution in [0, 0.1) is 6.92 Å². The Kier molecular flexibility index (Phi) is 20.5. The third-order valence-corrected chi connectivity index (χ3v) is 15.2. The molecule has 0 aliphatic heterocycles. The van der Waals surface area contributed by atoms with Crippen LogP contribution in [0.25, 0.3) is 0 Å². The van der Waals surface area contributed by atoms with Gasteiger partial charge in [0.25, 0.3) is 0 Å². The maximum Gasteiger partial charge on any atom is 0.326 e. The van der Waals surface area contributed by atoms with E-state index in [1.165, 1.54) is 12.1 Å². The minimum Gasteiger partial charge on any atom is -0.744 e. The van der Waals surface area contributed by atoms with Gasteiger partial charge in [0, 0.05) is 5.16 Å². The first kappa shape index (κ1) is 50.4. The van der Waals surface area contributed by atoms with E-state index in [1.807, 2.05) is 36.9 Å². The van der Waals surface area contributed by atoms with Gasteiger partial charge in [-0.05, 0) is 79.1 Å². The molecular formula is C34H64Cl3N4O4P2SSi+. The fourth-order valence-electron chi connectivity index (χ4n) is 3.44. The van der Waals surface area contributed by atoms with E-state index in [9.17, 15) is 17.5 Å². The van der Waals surface area contributed by atoms with Crippen molar-refractivity contribution in [3.63, 3.8) is 0 Å². The summed E-state index contributed by atoms with van der Waals surface area (Å²) in [4.78, 5) is -0.178. The van der Waals surface area contributed by atoms with E-state index in [-0.39, 0.29) is 36.5 Å². The van der Waals surface area contributed by atoms with Crippen LogP contribution >= 0.6 is 48.3 Å². The molecule has 0 fully saturated rings. The molecule has 0 radical (unpaired) electrons. The highest BCUT2D eigenvalue weighted by atomic mass is 35.8. The number of imidazole rings is 2. The van der Waals surface area contributed by atoms with Crippen molar-refractivity contribution in [1.29, 1.82) is 0 Å². The number of hydrogen-bond acceptors (Lipinski definition) is 4. The molecule has 0 N–H and O–H groups in total. The molecular weight excluding hydrogens is 757 g/mol. The molecule has 15 heteroatoms. The van der Waals surface area contributed by atoms with Crippen LogP contribution in [0.15, 0.2) is 66.6 Å². The summed E-state index contributed by atoms with van der Waals surface area (Å²) in [7, 11) is -6.43. The van der Waals surface area contributed by atoms with Gasteiger partial charge >= 0.3 is 6.73 Å². The molecule has 2 atom stereocenters. The molecule has 0 saturated heterocycles. The minimum absolute atomic E-state index is 0. The quantitative estimate of drug-likeness (QED) is 0.0843. The number of halogens is 3. The van der Waals surface area contributed by atoms with Crippen LogP contribution in [0.5, 0.6) is 0 Å². The van der Waals surface area contributed by atoms with Gasteiger partial charge in [-0.2, -0.15) is 0 Å². The maximum atomic E-state index is 12.6. The van der Waals surface area contributed by atoms with Crippen LogP contribution < -0.4 is 9.13 Å². The summed E-state index contributed by atoms with van der Waals surface area (Å²) in [5.41, 5.74) is 1.19. The number of rotatable bonds is 5. The van der Waals surface area contributed by atoms with Crippen LogP contribution in [0.1, 0.15) is 96.1 Å². The minimum atomic E-state index is -4.27. The summed E-state index contributed by atoms with van der Waals surface area (Å²) in [5, 5.41) is 0.302. The molecule has 0 bridgehead atoms. The smallest absolute Gasteiger partial charge is 0.326 e. The molecule has 0 spiro atoms. The zero-order valence-corrected chi connectivity index (χ0v) is 37.7. The average Bonchev–Trinajstić information content (AvgIpc) is 3.52. The molecule has 1 unspecified atom stereocenters. The second-order valence-electron chi connectivity index (χ2n) is 15.9. The lowest BCUT2D eigenvalue weighted by atomic mass is 10.1. The molecule has 0 aliphatic rings. The van der Waals surface area contributed by atoms with Crippen molar-refractivity contribution >= 4 is 65.1 Å². The predicted octanol–water partition coefficient (Wildman–Crippen LogP) is 9.63. The molecule has 2 aromatic heterocycles. The fourth-order valence-corrected chi connectivity index (χ4v) is 6.20. The number of aromatic nitrogens is 4. The molecule has 2 heterocycles. The van der Waals surface area contributed by atoms with Crippen molar-refractivity contribution in [1.82, 2.24) is 9.13 Å². The van der Waals surface area contributed by atoms with Crippen molar-refractivity contribution < 1.29 is 26.7 Å². The van der Waals surface area contributed by atoms with Crippen LogP contribution in [0.2, 0.25) is 0 Å². The fraction of sp³-hybridized carbons (Fsp3) is 0.647. The predicted molar refractivity (Wildman–Crippen MR) is 216 cm³/mol. The van der Waals surface area contributed by atoms with Crippen molar-refractivity contribution in [2.24, 2.45) is 0 Å². The molecule has 49 heavy (non-hydrogen) atoms.